The third kappa shape index (κ3) is 4.50. The Hall–Kier alpha value is -3.26. The molecule has 11 heteroatoms. The zero-order chi connectivity index (χ0) is 24.6. The van der Waals surface area contributed by atoms with E-state index in [1.54, 1.807) is 12.1 Å². The summed E-state index contributed by atoms with van der Waals surface area (Å²) in [7, 11) is -4.28. The van der Waals surface area contributed by atoms with Gasteiger partial charge in [0.25, 0.3) is 15.7 Å². The fourth-order valence-corrected chi connectivity index (χ4v) is 3.80. The third-order valence-electron chi connectivity index (χ3n) is 4.74. The minimum absolute atomic E-state index is 0.148. The summed E-state index contributed by atoms with van der Waals surface area (Å²) >= 11 is 0. The smallest absolute Gasteiger partial charge is 0.501 e. The first-order valence-corrected chi connectivity index (χ1v) is 10.6. The molecule has 7 nitrogen and oxygen atoms in total. The van der Waals surface area contributed by atoms with Crippen LogP contribution in [0.15, 0.2) is 29.2 Å². The van der Waals surface area contributed by atoms with Gasteiger partial charge < -0.3 is 15.2 Å². The van der Waals surface area contributed by atoms with Crippen LogP contribution in [0.3, 0.4) is 0 Å². The largest absolute Gasteiger partial charge is 0.507 e. The number of anilines is 1. The average molecular weight is 470 g/mol. The number of rotatable bonds is 4. The van der Waals surface area contributed by atoms with Gasteiger partial charge in [-0.1, -0.05) is 20.8 Å². The van der Waals surface area contributed by atoms with Crippen LogP contribution in [0, 0.1) is 18.3 Å². The maximum atomic E-state index is 13.0. The number of carbonyl (C=O) groups excluding carboxylic acids is 1. The van der Waals surface area contributed by atoms with Crippen LogP contribution in [0.1, 0.15) is 47.8 Å². The van der Waals surface area contributed by atoms with E-state index in [0.717, 1.165) is 6.07 Å². The number of aromatic hydroxyl groups is 1. The van der Waals surface area contributed by atoms with Crippen molar-refractivity contribution in [3.05, 3.63) is 46.5 Å². The maximum absolute atomic E-state index is 13.0. The van der Waals surface area contributed by atoms with Gasteiger partial charge in [-0.3, -0.25) is 4.79 Å². The Morgan fingerprint density at radius 2 is 1.78 bits per heavy atom. The van der Waals surface area contributed by atoms with Gasteiger partial charge in [0.2, 0.25) is 0 Å². The van der Waals surface area contributed by atoms with Gasteiger partial charge in [-0.05, 0) is 36.6 Å². The molecule has 0 unspecified atom stereocenters. The van der Waals surface area contributed by atoms with Crippen molar-refractivity contribution in [1.29, 1.82) is 5.26 Å². The van der Waals surface area contributed by atoms with E-state index in [1.807, 2.05) is 20.8 Å². The number of carbonyl (C=O) groups is 1. The number of nitriles is 1. The molecule has 172 valence electrons. The highest BCUT2D eigenvalue weighted by Crippen LogP contribution is 2.40. The zero-order valence-corrected chi connectivity index (χ0v) is 18.7. The molecule has 0 aliphatic heterocycles. The second kappa shape index (κ2) is 8.35. The summed E-state index contributed by atoms with van der Waals surface area (Å²) in [5.41, 5.74) is -6.27. The molecule has 0 aliphatic rings. The van der Waals surface area contributed by atoms with Crippen LogP contribution in [-0.2, 0) is 15.3 Å². The standard InChI is InChI=1S/C21H21F3N2O5S/c1-11-16(31-5)9-14(20(2,3)4)18(27)17(11)19(28)26-15-7-6-13(8-12(15)10-25)32(29,30)21(22,23)24/h6-9,27H,1-5H3,(H,26,28). The number of halogens is 3. The zero-order valence-electron chi connectivity index (χ0n) is 17.9. The second-order valence-electron chi connectivity index (χ2n) is 7.95. The molecule has 0 aliphatic carbocycles. The van der Waals surface area contributed by atoms with Crippen molar-refractivity contribution in [1.82, 2.24) is 0 Å². The number of benzene rings is 2. The van der Waals surface area contributed by atoms with Crippen molar-refractivity contribution in [3.63, 3.8) is 0 Å². The van der Waals surface area contributed by atoms with Crippen LogP contribution in [0.25, 0.3) is 0 Å². The molecule has 0 heterocycles. The summed E-state index contributed by atoms with van der Waals surface area (Å²) in [5.74, 6) is -0.847. The van der Waals surface area contributed by atoms with Crippen molar-refractivity contribution in [2.24, 2.45) is 0 Å². The number of alkyl halides is 3. The lowest BCUT2D eigenvalue weighted by Gasteiger charge is -2.24. The van der Waals surface area contributed by atoms with E-state index < -0.39 is 37.1 Å². The first-order valence-electron chi connectivity index (χ1n) is 9.14. The molecule has 32 heavy (non-hydrogen) atoms. The van der Waals surface area contributed by atoms with Crippen molar-refractivity contribution < 1.29 is 36.2 Å². The van der Waals surface area contributed by atoms with E-state index in [1.165, 1.54) is 14.0 Å². The van der Waals surface area contributed by atoms with Gasteiger partial charge in [-0.2, -0.15) is 18.4 Å². The molecule has 0 saturated carbocycles. The second-order valence-corrected chi connectivity index (χ2v) is 9.89. The van der Waals surface area contributed by atoms with Gasteiger partial charge in [0, 0.05) is 11.1 Å². The molecular weight excluding hydrogens is 449 g/mol. The number of phenolic OH excluding ortho intramolecular Hbond substituents is 1. The number of amides is 1. The average Bonchev–Trinajstić information content (AvgIpc) is 2.66. The van der Waals surface area contributed by atoms with Crippen molar-refractivity contribution in [3.8, 4) is 17.6 Å². The van der Waals surface area contributed by atoms with E-state index in [-0.39, 0.29) is 17.0 Å². The summed E-state index contributed by atoms with van der Waals surface area (Å²) in [6, 6.07) is 5.21. The summed E-state index contributed by atoms with van der Waals surface area (Å²) in [4.78, 5) is 11.8. The van der Waals surface area contributed by atoms with Crippen molar-refractivity contribution in [2.75, 3.05) is 12.4 Å². The molecule has 0 atom stereocenters. The Morgan fingerprint density at radius 3 is 2.25 bits per heavy atom. The number of nitrogens with one attached hydrogen (secondary N) is 1. The van der Waals surface area contributed by atoms with Gasteiger partial charge in [0.05, 0.1) is 28.8 Å². The fourth-order valence-electron chi connectivity index (χ4n) is 3.02. The quantitative estimate of drug-likeness (QED) is 0.683. The van der Waals surface area contributed by atoms with Gasteiger partial charge in [-0.25, -0.2) is 8.42 Å². The Balaban J connectivity index is 2.58. The van der Waals surface area contributed by atoms with Crippen LogP contribution >= 0.6 is 0 Å². The predicted octanol–water partition coefficient (Wildman–Crippen LogP) is 4.42. The molecular formula is C21H21F3N2O5S. The fraction of sp³-hybridized carbons (Fsp3) is 0.333. The van der Waals surface area contributed by atoms with Crippen LogP contribution < -0.4 is 10.1 Å². The molecule has 2 aromatic rings. The third-order valence-corrected chi connectivity index (χ3v) is 6.23. The first kappa shape index (κ1) is 25.0. The Bertz CT molecular complexity index is 1220. The SMILES string of the molecule is COc1cc(C(C)(C)C)c(O)c(C(=O)Nc2ccc(S(=O)(=O)C(F)(F)F)cc2C#N)c1C. The van der Waals surface area contributed by atoms with Crippen molar-refractivity contribution >= 4 is 21.4 Å². The predicted molar refractivity (Wildman–Crippen MR) is 110 cm³/mol. The number of methoxy groups -OCH3 is 1. The molecule has 1 amide bonds. The molecule has 0 aromatic heterocycles. The normalized spacial score (nSPS) is 12.2. The monoisotopic (exact) mass is 470 g/mol. The molecule has 0 radical (unpaired) electrons. The molecule has 0 saturated heterocycles. The Morgan fingerprint density at radius 1 is 1.19 bits per heavy atom. The van der Waals surface area contributed by atoms with E-state index in [0.29, 0.717) is 29.0 Å². The molecule has 2 N–H and O–H groups in total. The van der Waals surface area contributed by atoms with E-state index in [4.69, 9.17) is 4.74 Å². The van der Waals surface area contributed by atoms with Crippen LogP contribution in [-0.4, -0.2) is 32.0 Å². The molecule has 0 bridgehead atoms. The van der Waals surface area contributed by atoms with Gasteiger partial charge in [-0.15, -0.1) is 0 Å². The van der Waals surface area contributed by atoms with Crippen LogP contribution in [0.4, 0.5) is 18.9 Å². The van der Waals surface area contributed by atoms with Gasteiger partial charge in [0.1, 0.15) is 17.6 Å². The molecule has 2 rings (SSSR count). The van der Waals surface area contributed by atoms with Crippen molar-refractivity contribution in [2.45, 2.75) is 43.5 Å². The van der Waals surface area contributed by atoms with Gasteiger partial charge >= 0.3 is 5.51 Å². The van der Waals surface area contributed by atoms with Crippen LogP contribution in [0.2, 0.25) is 0 Å². The number of hydrogen-bond acceptors (Lipinski definition) is 6. The van der Waals surface area contributed by atoms with Crippen LogP contribution in [0.5, 0.6) is 11.5 Å². The number of nitrogens with zero attached hydrogens (tertiary/aromatic N) is 1. The summed E-state index contributed by atoms with van der Waals surface area (Å²) in [5, 5.41) is 22.4. The minimum atomic E-state index is -5.67. The first-order chi connectivity index (χ1) is 14.6. The maximum Gasteiger partial charge on any atom is 0.501 e. The molecule has 0 fully saturated rings. The number of sulfone groups is 1. The number of ether oxygens (including phenoxy) is 1. The van der Waals surface area contributed by atoms with E-state index >= 15 is 0 Å². The summed E-state index contributed by atoms with van der Waals surface area (Å²) in [6.45, 7) is 6.97. The highest BCUT2D eigenvalue weighted by atomic mass is 32.2. The van der Waals surface area contributed by atoms with Gasteiger partial charge in [0.15, 0.2) is 0 Å². The Labute approximate surface area is 183 Å². The lowest BCUT2D eigenvalue weighted by molar-refractivity contribution is -0.0436. The van der Waals surface area contributed by atoms with E-state index in [2.05, 4.69) is 5.32 Å². The summed E-state index contributed by atoms with van der Waals surface area (Å²) < 4.78 is 66.9. The molecule has 0 spiro atoms. The Kier molecular flexibility index (Phi) is 6.52. The minimum Gasteiger partial charge on any atom is -0.507 e. The number of hydrogen-bond donors (Lipinski definition) is 2. The lowest BCUT2D eigenvalue weighted by atomic mass is 9.83. The number of phenols is 1. The van der Waals surface area contributed by atoms with E-state index in [9.17, 15) is 36.8 Å². The summed E-state index contributed by atoms with van der Waals surface area (Å²) in [6.07, 6.45) is 0. The lowest BCUT2D eigenvalue weighted by Crippen LogP contribution is -2.23. The highest BCUT2D eigenvalue weighted by Gasteiger charge is 2.47. The highest BCUT2D eigenvalue weighted by molar-refractivity contribution is 7.92. The molecule has 2 aromatic carbocycles. The topological polar surface area (TPSA) is 116 Å².